The van der Waals surface area contributed by atoms with Gasteiger partial charge in [-0.05, 0) is 31.9 Å². The summed E-state index contributed by atoms with van der Waals surface area (Å²) < 4.78 is 38.4. The molecule has 6 nitrogen and oxygen atoms in total. The highest BCUT2D eigenvalue weighted by Gasteiger charge is 2.44. The first-order chi connectivity index (χ1) is 10.9. The molecule has 0 atom stereocenters. The number of esters is 1. The smallest absolute Gasteiger partial charge is 0.327 e. The third-order valence-electron chi connectivity index (χ3n) is 4.06. The lowest BCUT2D eigenvalue weighted by molar-refractivity contribution is -0.151. The molecule has 1 N–H and O–H groups in total. The van der Waals surface area contributed by atoms with Gasteiger partial charge < -0.3 is 9.47 Å². The first-order valence-electron chi connectivity index (χ1n) is 7.79. The number of para-hydroxylation sites is 1. The molecule has 0 heterocycles. The number of hydrogen-bond acceptors (Lipinski definition) is 5. The molecule has 1 fully saturated rings. The summed E-state index contributed by atoms with van der Waals surface area (Å²) in [5.41, 5.74) is -1.19. The molecule has 128 valence electrons. The van der Waals surface area contributed by atoms with Crippen molar-refractivity contribution in [3.8, 4) is 5.75 Å². The summed E-state index contributed by atoms with van der Waals surface area (Å²) in [7, 11) is -2.49. The van der Waals surface area contributed by atoms with Gasteiger partial charge in [0.25, 0.3) is 0 Å². The fourth-order valence-corrected chi connectivity index (χ4v) is 4.51. The van der Waals surface area contributed by atoms with Gasteiger partial charge >= 0.3 is 5.97 Å². The second-order valence-electron chi connectivity index (χ2n) is 5.62. The minimum Gasteiger partial charge on any atom is -0.495 e. The number of carbonyl (C=O) groups excluding carboxylic acids is 1. The lowest BCUT2D eigenvalue weighted by Gasteiger charge is -2.35. The van der Waals surface area contributed by atoms with E-state index in [4.69, 9.17) is 9.47 Å². The number of nitrogens with one attached hydrogen (secondary N) is 1. The first-order valence-corrected chi connectivity index (χ1v) is 9.28. The Morgan fingerprint density at radius 2 is 1.87 bits per heavy atom. The molecule has 0 spiro atoms. The molecule has 0 aromatic heterocycles. The van der Waals surface area contributed by atoms with Gasteiger partial charge in [0.15, 0.2) is 0 Å². The molecule has 1 saturated carbocycles. The van der Waals surface area contributed by atoms with Crippen LogP contribution in [0, 0.1) is 0 Å². The second kappa shape index (κ2) is 7.31. The van der Waals surface area contributed by atoms with E-state index in [0.29, 0.717) is 12.8 Å². The van der Waals surface area contributed by atoms with E-state index in [0.717, 1.165) is 19.3 Å². The number of benzene rings is 1. The quantitative estimate of drug-likeness (QED) is 0.803. The number of sulfonamides is 1. The van der Waals surface area contributed by atoms with Gasteiger partial charge in [0, 0.05) is 0 Å². The fraction of sp³-hybridized carbons (Fsp3) is 0.562. The van der Waals surface area contributed by atoms with Gasteiger partial charge in [0.2, 0.25) is 10.0 Å². The summed E-state index contributed by atoms with van der Waals surface area (Å²) in [4.78, 5) is 12.4. The highest BCUT2D eigenvalue weighted by Crippen LogP contribution is 2.32. The van der Waals surface area contributed by atoms with E-state index in [1.54, 1.807) is 25.1 Å². The van der Waals surface area contributed by atoms with Gasteiger partial charge in [-0.2, -0.15) is 4.72 Å². The molecular weight excluding hydrogens is 318 g/mol. The number of ether oxygens (including phenoxy) is 2. The van der Waals surface area contributed by atoms with Crippen molar-refractivity contribution in [2.24, 2.45) is 0 Å². The van der Waals surface area contributed by atoms with E-state index in [2.05, 4.69) is 4.72 Å². The van der Waals surface area contributed by atoms with Crippen LogP contribution in [0.3, 0.4) is 0 Å². The van der Waals surface area contributed by atoms with Crippen molar-refractivity contribution in [3.05, 3.63) is 24.3 Å². The van der Waals surface area contributed by atoms with Crippen LogP contribution in [-0.4, -0.2) is 33.6 Å². The number of rotatable bonds is 6. The molecule has 0 aliphatic heterocycles. The van der Waals surface area contributed by atoms with Gasteiger partial charge in [0.1, 0.15) is 16.2 Å². The molecule has 7 heteroatoms. The summed E-state index contributed by atoms with van der Waals surface area (Å²) in [5, 5.41) is 0. The van der Waals surface area contributed by atoms with Gasteiger partial charge in [0.05, 0.1) is 13.7 Å². The summed E-state index contributed by atoms with van der Waals surface area (Å²) >= 11 is 0. The Labute approximate surface area is 137 Å². The Bertz CT molecular complexity index is 650. The fourth-order valence-electron chi connectivity index (χ4n) is 2.93. The van der Waals surface area contributed by atoms with Gasteiger partial charge in [-0.1, -0.05) is 31.4 Å². The van der Waals surface area contributed by atoms with E-state index in [-0.39, 0.29) is 17.3 Å². The Morgan fingerprint density at radius 3 is 2.48 bits per heavy atom. The van der Waals surface area contributed by atoms with E-state index in [1.807, 2.05) is 0 Å². The molecule has 1 aliphatic carbocycles. The van der Waals surface area contributed by atoms with E-state index in [1.165, 1.54) is 13.2 Å². The first kappa shape index (κ1) is 17.7. The standard InChI is InChI=1S/C16H23NO5S/c1-3-22-15(18)16(11-7-4-8-12-16)17-23(19,20)14-10-6-5-9-13(14)21-2/h5-6,9-10,17H,3-4,7-8,11-12H2,1-2H3. The number of hydrogen-bond donors (Lipinski definition) is 1. The highest BCUT2D eigenvalue weighted by atomic mass is 32.2. The maximum absolute atomic E-state index is 12.8. The molecule has 1 aromatic rings. The minimum atomic E-state index is -3.90. The largest absolute Gasteiger partial charge is 0.495 e. The average Bonchev–Trinajstić information content (AvgIpc) is 2.55. The molecule has 1 aromatic carbocycles. The van der Waals surface area contributed by atoms with Crippen LogP contribution in [0.5, 0.6) is 5.75 Å². The van der Waals surface area contributed by atoms with E-state index >= 15 is 0 Å². The van der Waals surface area contributed by atoms with Crippen LogP contribution in [0.25, 0.3) is 0 Å². The molecule has 2 rings (SSSR count). The van der Waals surface area contributed by atoms with Crippen LogP contribution >= 0.6 is 0 Å². The Hall–Kier alpha value is -1.60. The minimum absolute atomic E-state index is 0.0248. The highest BCUT2D eigenvalue weighted by molar-refractivity contribution is 7.89. The molecule has 0 saturated heterocycles. The van der Waals surface area contributed by atoms with Crippen LogP contribution in [0.15, 0.2) is 29.2 Å². The third kappa shape index (κ3) is 3.84. The summed E-state index contributed by atoms with van der Waals surface area (Å²) in [6.45, 7) is 1.93. The van der Waals surface area contributed by atoms with Crippen LogP contribution < -0.4 is 9.46 Å². The van der Waals surface area contributed by atoms with Crippen molar-refractivity contribution >= 4 is 16.0 Å². The SMILES string of the molecule is CCOC(=O)C1(NS(=O)(=O)c2ccccc2OC)CCCCC1. The van der Waals surface area contributed by atoms with Crippen LogP contribution in [0.4, 0.5) is 0 Å². The maximum atomic E-state index is 12.8. The summed E-state index contributed by atoms with van der Waals surface area (Å²) in [5.74, 6) is -0.256. The molecule has 0 unspecified atom stereocenters. The third-order valence-corrected chi connectivity index (χ3v) is 5.64. The maximum Gasteiger partial charge on any atom is 0.327 e. The number of carbonyl (C=O) groups is 1. The molecule has 0 amide bonds. The zero-order chi connectivity index (χ0) is 16.9. The van der Waals surface area contributed by atoms with Crippen molar-refractivity contribution in [1.82, 2.24) is 4.72 Å². The molecule has 0 bridgehead atoms. The Balaban J connectivity index is 2.36. The average molecular weight is 341 g/mol. The van der Waals surface area contributed by atoms with Crippen molar-refractivity contribution in [2.75, 3.05) is 13.7 Å². The van der Waals surface area contributed by atoms with Crippen molar-refractivity contribution in [2.45, 2.75) is 49.5 Å². The second-order valence-corrected chi connectivity index (χ2v) is 7.27. The van der Waals surface area contributed by atoms with Crippen LogP contribution in [0.2, 0.25) is 0 Å². The van der Waals surface area contributed by atoms with E-state index in [9.17, 15) is 13.2 Å². The Morgan fingerprint density at radius 1 is 1.22 bits per heavy atom. The predicted octanol–water partition coefficient (Wildman–Crippen LogP) is 2.24. The Kier molecular flexibility index (Phi) is 5.64. The van der Waals surface area contributed by atoms with Gasteiger partial charge in [-0.25, -0.2) is 8.42 Å². The molecule has 23 heavy (non-hydrogen) atoms. The zero-order valence-corrected chi connectivity index (χ0v) is 14.3. The lowest BCUT2D eigenvalue weighted by Crippen LogP contribution is -2.56. The van der Waals surface area contributed by atoms with Crippen molar-refractivity contribution in [1.29, 1.82) is 0 Å². The molecular formula is C16H23NO5S. The predicted molar refractivity (Wildman–Crippen MR) is 85.8 cm³/mol. The van der Waals surface area contributed by atoms with Crippen molar-refractivity contribution in [3.63, 3.8) is 0 Å². The summed E-state index contributed by atoms with van der Waals surface area (Å²) in [6, 6.07) is 6.35. The van der Waals surface area contributed by atoms with Crippen molar-refractivity contribution < 1.29 is 22.7 Å². The van der Waals surface area contributed by atoms with Gasteiger partial charge in [-0.3, -0.25) is 4.79 Å². The normalized spacial score (nSPS) is 17.5. The lowest BCUT2D eigenvalue weighted by atomic mass is 9.82. The van der Waals surface area contributed by atoms with E-state index < -0.39 is 21.5 Å². The van der Waals surface area contributed by atoms with Gasteiger partial charge in [-0.15, -0.1) is 0 Å². The number of methoxy groups -OCH3 is 1. The topological polar surface area (TPSA) is 81.7 Å². The van der Waals surface area contributed by atoms with Crippen LogP contribution in [-0.2, 0) is 19.6 Å². The molecule has 1 aliphatic rings. The monoisotopic (exact) mass is 341 g/mol. The zero-order valence-electron chi connectivity index (χ0n) is 13.5. The van der Waals surface area contributed by atoms with Crippen LogP contribution in [0.1, 0.15) is 39.0 Å². The summed E-state index contributed by atoms with van der Waals surface area (Å²) in [6.07, 6.45) is 3.44. The molecule has 0 radical (unpaired) electrons.